The molecule has 0 atom stereocenters. The van der Waals surface area contributed by atoms with Crippen LogP contribution in [0.1, 0.15) is 5.56 Å². The van der Waals surface area contributed by atoms with Crippen LogP contribution in [0, 0.1) is 0 Å². The summed E-state index contributed by atoms with van der Waals surface area (Å²) in [5.74, 6) is -1.79. The molecule has 1 N–H and O–H groups in total. The molecule has 2 aliphatic rings. The van der Waals surface area contributed by atoms with Crippen LogP contribution in [0.2, 0.25) is 0 Å². The summed E-state index contributed by atoms with van der Waals surface area (Å²) < 4.78 is 10.4. The number of carboxylic acids is 1. The number of benzene rings is 2. The van der Waals surface area contributed by atoms with E-state index in [1.165, 1.54) is 26.4 Å². The summed E-state index contributed by atoms with van der Waals surface area (Å²) in [6, 6.07) is 11.2. The second kappa shape index (κ2) is 7.80. The smallest absolute Gasteiger partial charge is 0.323 e. The third kappa shape index (κ3) is 3.30. The quantitative estimate of drug-likeness (QED) is 0.706. The molecular formula is C21H16N2O7S. The van der Waals surface area contributed by atoms with Gasteiger partial charge in [0.2, 0.25) is 0 Å². The number of thioether (sulfide) groups is 1. The predicted molar refractivity (Wildman–Crippen MR) is 113 cm³/mol. The minimum absolute atomic E-state index is 0.00942. The Labute approximate surface area is 180 Å². The van der Waals surface area contributed by atoms with Gasteiger partial charge in [0.25, 0.3) is 17.1 Å². The second-order valence-corrected chi connectivity index (χ2v) is 7.51. The highest BCUT2D eigenvalue weighted by molar-refractivity contribution is 8.19. The molecule has 10 heteroatoms. The van der Waals surface area contributed by atoms with Crippen molar-refractivity contribution in [2.24, 2.45) is 0 Å². The van der Waals surface area contributed by atoms with Gasteiger partial charge in [-0.1, -0.05) is 18.2 Å². The van der Waals surface area contributed by atoms with Crippen molar-refractivity contribution >= 4 is 51.7 Å². The van der Waals surface area contributed by atoms with Gasteiger partial charge in [-0.3, -0.25) is 24.1 Å². The Balaban J connectivity index is 1.82. The Kier molecular flexibility index (Phi) is 5.15. The number of para-hydroxylation sites is 1. The normalized spacial score (nSPS) is 17.9. The molecule has 31 heavy (non-hydrogen) atoms. The maximum atomic E-state index is 13.3. The largest absolute Gasteiger partial charge is 0.497 e. The lowest BCUT2D eigenvalue weighted by Crippen LogP contribution is -2.33. The van der Waals surface area contributed by atoms with Gasteiger partial charge in [0.1, 0.15) is 18.0 Å². The van der Waals surface area contributed by atoms with Crippen molar-refractivity contribution in [3.05, 3.63) is 52.9 Å². The molecule has 0 saturated carbocycles. The van der Waals surface area contributed by atoms with Crippen molar-refractivity contribution in [3.63, 3.8) is 0 Å². The second-order valence-electron chi connectivity index (χ2n) is 6.55. The summed E-state index contributed by atoms with van der Waals surface area (Å²) in [5.41, 5.74) is 0.998. The van der Waals surface area contributed by atoms with Crippen molar-refractivity contribution in [3.8, 4) is 11.5 Å². The van der Waals surface area contributed by atoms with Crippen LogP contribution >= 0.6 is 11.8 Å². The minimum atomic E-state index is -1.19. The molecule has 2 aromatic carbocycles. The van der Waals surface area contributed by atoms with Gasteiger partial charge in [0.05, 0.1) is 36.1 Å². The number of methoxy groups -OCH3 is 2. The molecule has 0 aliphatic carbocycles. The van der Waals surface area contributed by atoms with E-state index in [2.05, 4.69) is 0 Å². The molecule has 0 bridgehead atoms. The lowest BCUT2D eigenvalue weighted by atomic mass is 10.1. The van der Waals surface area contributed by atoms with Crippen LogP contribution in [0.5, 0.6) is 11.5 Å². The summed E-state index contributed by atoms with van der Waals surface area (Å²) in [4.78, 5) is 52.3. The summed E-state index contributed by atoms with van der Waals surface area (Å²) in [5, 5.41) is 8.59. The standard InChI is InChI=1S/C21H16N2O7S/c1-29-11-7-8-14(15(9-11)30-2)23-20(27)18(31-21(23)28)17-12-5-3-4-6-13(12)22(19(17)26)10-16(24)25/h3-9H,10H2,1-2H3,(H,24,25)/b18-17-. The Hall–Kier alpha value is -3.79. The highest BCUT2D eigenvalue weighted by Gasteiger charge is 2.45. The van der Waals surface area contributed by atoms with Crippen LogP contribution in [-0.2, 0) is 14.4 Å². The van der Waals surface area contributed by atoms with Crippen molar-refractivity contribution in [1.29, 1.82) is 0 Å². The fourth-order valence-corrected chi connectivity index (χ4v) is 4.41. The maximum absolute atomic E-state index is 13.3. The number of ether oxygens (including phenoxy) is 2. The number of anilines is 2. The topological polar surface area (TPSA) is 113 Å². The molecule has 0 radical (unpaired) electrons. The monoisotopic (exact) mass is 440 g/mol. The zero-order valence-electron chi connectivity index (χ0n) is 16.4. The van der Waals surface area contributed by atoms with Crippen LogP contribution in [0.4, 0.5) is 16.2 Å². The number of carbonyl (C=O) groups excluding carboxylic acids is 3. The van der Waals surface area contributed by atoms with Crippen molar-refractivity contribution in [2.75, 3.05) is 30.6 Å². The number of nitrogens with zero attached hydrogens (tertiary/aromatic N) is 2. The zero-order chi connectivity index (χ0) is 22.3. The van der Waals surface area contributed by atoms with E-state index in [1.807, 2.05) is 0 Å². The third-order valence-electron chi connectivity index (χ3n) is 4.84. The fraction of sp³-hybridized carbons (Fsp3) is 0.143. The van der Waals surface area contributed by atoms with Gasteiger partial charge < -0.3 is 14.6 Å². The van der Waals surface area contributed by atoms with Gasteiger partial charge in [-0.25, -0.2) is 4.90 Å². The van der Waals surface area contributed by atoms with E-state index in [4.69, 9.17) is 9.47 Å². The molecular weight excluding hydrogens is 424 g/mol. The first-order valence-electron chi connectivity index (χ1n) is 9.03. The molecule has 0 spiro atoms. The van der Waals surface area contributed by atoms with Gasteiger partial charge in [0.15, 0.2) is 0 Å². The molecule has 2 heterocycles. The van der Waals surface area contributed by atoms with Crippen LogP contribution < -0.4 is 19.3 Å². The van der Waals surface area contributed by atoms with E-state index in [0.29, 0.717) is 28.8 Å². The highest BCUT2D eigenvalue weighted by atomic mass is 32.2. The van der Waals surface area contributed by atoms with E-state index in [1.54, 1.807) is 30.3 Å². The number of imide groups is 1. The van der Waals surface area contributed by atoms with Crippen molar-refractivity contribution in [2.45, 2.75) is 0 Å². The van der Waals surface area contributed by atoms with Gasteiger partial charge in [-0.2, -0.15) is 0 Å². The summed E-state index contributed by atoms with van der Waals surface area (Å²) in [6.07, 6.45) is 0. The summed E-state index contributed by atoms with van der Waals surface area (Å²) >= 11 is 0.627. The first-order valence-corrected chi connectivity index (χ1v) is 9.84. The lowest BCUT2D eigenvalue weighted by Gasteiger charge is -2.17. The third-order valence-corrected chi connectivity index (χ3v) is 5.78. The van der Waals surface area contributed by atoms with E-state index in [0.717, 1.165) is 9.80 Å². The van der Waals surface area contributed by atoms with E-state index < -0.39 is 29.6 Å². The number of hydrogen-bond acceptors (Lipinski definition) is 7. The molecule has 4 rings (SSSR count). The number of carboxylic acid groups (broad SMARTS) is 1. The first kappa shape index (κ1) is 20.5. The molecule has 158 valence electrons. The number of amides is 3. The SMILES string of the molecule is COc1ccc(N2C(=O)S/C(=C3\C(=O)N(CC(=O)O)c4ccccc43)C2=O)c(OC)c1. The van der Waals surface area contributed by atoms with Gasteiger partial charge in [0, 0.05) is 11.6 Å². The average Bonchev–Trinajstić information content (AvgIpc) is 3.19. The highest BCUT2D eigenvalue weighted by Crippen LogP contribution is 2.46. The van der Waals surface area contributed by atoms with Crippen LogP contribution in [0.15, 0.2) is 47.4 Å². The Morgan fingerprint density at radius 3 is 2.42 bits per heavy atom. The molecule has 3 amide bonds. The molecule has 0 unspecified atom stereocenters. The number of hydrogen-bond donors (Lipinski definition) is 1. The molecule has 1 saturated heterocycles. The van der Waals surface area contributed by atoms with Gasteiger partial charge in [-0.05, 0) is 30.0 Å². The van der Waals surface area contributed by atoms with Crippen LogP contribution in [-0.4, -0.2) is 48.9 Å². The molecule has 1 fully saturated rings. The molecule has 2 aromatic rings. The summed E-state index contributed by atoms with van der Waals surface area (Å²) in [7, 11) is 2.88. The van der Waals surface area contributed by atoms with Gasteiger partial charge >= 0.3 is 5.97 Å². The fourth-order valence-electron chi connectivity index (χ4n) is 3.49. The number of carbonyl (C=O) groups is 4. The van der Waals surface area contributed by atoms with E-state index in [-0.39, 0.29) is 21.9 Å². The van der Waals surface area contributed by atoms with E-state index in [9.17, 15) is 24.3 Å². The van der Waals surface area contributed by atoms with E-state index >= 15 is 0 Å². The zero-order valence-corrected chi connectivity index (χ0v) is 17.3. The average molecular weight is 440 g/mol. The van der Waals surface area contributed by atoms with Crippen LogP contribution in [0.3, 0.4) is 0 Å². The minimum Gasteiger partial charge on any atom is -0.497 e. The summed E-state index contributed by atoms with van der Waals surface area (Å²) in [6.45, 7) is -0.560. The van der Waals surface area contributed by atoms with Crippen molar-refractivity contribution in [1.82, 2.24) is 0 Å². The lowest BCUT2D eigenvalue weighted by molar-refractivity contribution is -0.136. The molecule has 9 nitrogen and oxygen atoms in total. The maximum Gasteiger partial charge on any atom is 0.323 e. The van der Waals surface area contributed by atoms with Crippen molar-refractivity contribution < 1.29 is 33.8 Å². The predicted octanol–water partition coefficient (Wildman–Crippen LogP) is 2.75. The molecule has 2 aliphatic heterocycles. The Morgan fingerprint density at radius 1 is 1.00 bits per heavy atom. The first-order chi connectivity index (χ1) is 14.9. The van der Waals surface area contributed by atoms with Crippen LogP contribution in [0.25, 0.3) is 5.57 Å². The van der Waals surface area contributed by atoms with Gasteiger partial charge in [-0.15, -0.1) is 0 Å². The number of fused-ring (bicyclic) bond motifs is 1. The Morgan fingerprint density at radius 2 is 1.74 bits per heavy atom. The number of rotatable bonds is 5. The number of aliphatic carboxylic acids is 1. The molecule has 0 aromatic heterocycles. The Bertz CT molecular complexity index is 1170.